The van der Waals surface area contributed by atoms with Gasteiger partial charge in [-0.1, -0.05) is 18.2 Å². The van der Waals surface area contributed by atoms with Crippen LogP contribution in [0.15, 0.2) is 54.6 Å². The number of sulfone groups is 1. The number of carbonyl (C=O) groups excluding carboxylic acids is 2. The van der Waals surface area contributed by atoms with Gasteiger partial charge in [-0.25, -0.2) is 8.42 Å². The molecule has 6 nitrogen and oxygen atoms in total. The summed E-state index contributed by atoms with van der Waals surface area (Å²) in [6.45, 7) is 0. The summed E-state index contributed by atoms with van der Waals surface area (Å²) in [5.74, 6) is -0.381. The first-order chi connectivity index (χ1) is 12.4. The number of amides is 2. The van der Waals surface area contributed by atoms with Crippen molar-refractivity contribution >= 4 is 27.3 Å². The first-order valence-corrected chi connectivity index (χ1v) is 10.1. The van der Waals surface area contributed by atoms with Crippen LogP contribution in [-0.4, -0.2) is 49.7 Å². The Morgan fingerprint density at radius 2 is 1.62 bits per heavy atom. The molecule has 136 valence electrons. The van der Waals surface area contributed by atoms with Gasteiger partial charge >= 0.3 is 0 Å². The fourth-order valence-electron chi connectivity index (χ4n) is 2.94. The summed E-state index contributed by atoms with van der Waals surface area (Å²) in [5, 5.41) is 2.78. The Labute approximate surface area is 152 Å². The van der Waals surface area contributed by atoms with Gasteiger partial charge in [0.05, 0.1) is 11.5 Å². The van der Waals surface area contributed by atoms with Crippen LogP contribution in [-0.2, 0) is 9.84 Å². The first kappa shape index (κ1) is 18.1. The average Bonchev–Trinajstić information content (AvgIpc) is 3.01. The molecule has 2 aromatic rings. The van der Waals surface area contributed by atoms with Crippen LogP contribution >= 0.6 is 0 Å². The van der Waals surface area contributed by atoms with Crippen LogP contribution in [0.3, 0.4) is 0 Å². The van der Waals surface area contributed by atoms with Crippen LogP contribution in [0.2, 0.25) is 0 Å². The van der Waals surface area contributed by atoms with E-state index in [0.29, 0.717) is 23.2 Å². The molecule has 0 aliphatic carbocycles. The van der Waals surface area contributed by atoms with Crippen molar-refractivity contribution in [3.8, 4) is 0 Å². The Hall–Kier alpha value is -2.67. The van der Waals surface area contributed by atoms with E-state index in [1.807, 2.05) is 18.2 Å². The lowest BCUT2D eigenvalue weighted by Gasteiger charge is -2.23. The monoisotopic (exact) mass is 372 g/mol. The van der Waals surface area contributed by atoms with E-state index >= 15 is 0 Å². The molecule has 1 N–H and O–H groups in total. The van der Waals surface area contributed by atoms with Gasteiger partial charge in [-0.05, 0) is 42.8 Å². The molecule has 0 radical (unpaired) electrons. The third-order valence-corrected chi connectivity index (χ3v) is 6.25. The summed E-state index contributed by atoms with van der Waals surface area (Å²) in [5.41, 5.74) is 1.56. The van der Waals surface area contributed by atoms with Crippen molar-refractivity contribution in [2.45, 2.75) is 12.5 Å². The summed E-state index contributed by atoms with van der Waals surface area (Å²) in [7, 11) is -1.44. The number of nitrogens with zero attached hydrogens (tertiary/aromatic N) is 1. The zero-order chi connectivity index (χ0) is 18.7. The molecule has 1 atom stereocenters. The van der Waals surface area contributed by atoms with Crippen molar-refractivity contribution in [3.05, 3.63) is 65.7 Å². The van der Waals surface area contributed by atoms with Gasteiger partial charge < -0.3 is 10.2 Å². The van der Waals surface area contributed by atoms with Crippen molar-refractivity contribution in [2.24, 2.45) is 0 Å². The fourth-order valence-corrected chi connectivity index (χ4v) is 4.71. The zero-order valence-electron chi connectivity index (χ0n) is 14.4. The highest BCUT2D eigenvalue weighted by molar-refractivity contribution is 7.91. The summed E-state index contributed by atoms with van der Waals surface area (Å²) in [6.07, 6.45) is 0.460. The lowest BCUT2D eigenvalue weighted by atomic mass is 10.1. The van der Waals surface area contributed by atoms with Gasteiger partial charge in [0.15, 0.2) is 9.84 Å². The largest absolute Gasteiger partial charge is 0.338 e. The zero-order valence-corrected chi connectivity index (χ0v) is 15.2. The SMILES string of the molecule is CN(C(=O)c1ccc(C(=O)Nc2ccccc2)cc1)C1CCS(=O)(=O)C1. The molecule has 1 aliphatic rings. The summed E-state index contributed by atoms with van der Waals surface area (Å²) in [4.78, 5) is 26.3. The molecule has 1 fully saturated rings. The summed E-state index contributed by atoms with van der Waals surface area (Å²) < 4.78 is 23.2. The van der Waals surface area contributed by atoms with E-state index in [4.69, 9.17) is 0 Å². The predicted octanol–water partition coefficient (Wildman–Crippen LogP) is 2.20. The number of hydrogen-bond donors (Lipinski definition) is 1. The van der Waals surface area contributed by atoms with Crippen molar-refractivity contribution in [3.63, 3.8) is 0 Å². The fraction of sp³-hybridized carbons (Fsp3) is 0.263. The lowest BCUT2D eigenvalue weighted by molar-refractivity contribution is 0.0747. The van der Waals surface area contributed by atoms with E-state index in [1.54, 1.807) is 43.4 Å². The quantitative estimate of drug-likeness (QED) is 0.892. The minimum absolute atomic E-state index is 0.00675. The van der Waals surface area contributed by atoms with Gasteiger partial charge in [0.25, 0.3) is 11.8 Å². The Morgan fingerprint density at radius 1 is 1.00 bits per heavy atom. The van der Waals surface area contributed by atoms with Gasteiger partial charge in [-0.2, -0.15) is 0 Å². The summed E-state index contributed by atoms with van der Waals surface area (Å²) >= 11 is 0. The highest BCUT2D eigenvalue weighted by Gasteiger charge is 2.33. The third kappa shape index (κ3) is 4.11. The van der Waals surface area contributed by atoms with Crippen LogP contribution in [0.5, 0.6) is 0 Å². The third-order valence-electron chi connectivity index (χ3n) is 4.50. The number of nitrogens with one attached hydrogen (secondary N) is 1. The Bertz CT molecular complexity index is 908. The summed E-state index contributed by atoms with van der Waals surface area (Å²) in [6, 6.07) is 15.2. The van der Waals surface area contributed by atoms with Crippen LogP contribution in [0.4, 0.5) is 5.69 Å². The molecule has 1 saturated heterocycles. The molecular weight excluding hydrogens is 352 g/mol. The van der Waals surface area contributed by atoms with Crippen LogP contribution < -0.4 is 5.32 Å². The molecule has 2 amide bonds. The maximum Gasteiger partial charge on any atom is 0.255 e. The number of hydrogen-bond acceptors (Lipinski definition) is 4. The van der Waals surface area contributed by atoms with Crippen molar-refractivity contribution in [1.82, 2.24) is 4.90 Å². The Kier molecular flexibility index (Phi) is 5.08. The Balaban J connectivity index is 1.67. The van der Waals surface area contributed by atoms with E-state index in [-0.39, 0.29) is 29.4 Å². The van der Waals surface area contributed by atoms with E-state index in [9.17, 15) is 18.0 Å². The van der Waals surface area contributed by atoms with Gasteiger partial charge in [0.2, 0.25) is 0 Å². The first-order valence-electron chi connectivity index (χ1n) is 8.30. The number of para-hydroxylation sites is 1. The number of benzene rings is 2. The maximum atomic E-state index is 12.5. The number of rotatable bonds is 4. The molecule has 0 aromatic heterocycles. The van der Waals surface area contributed by atoms with Crippen molar-refractivity contribution in [2.75, 3.05) is 23.9 Å². The molecule has 7 heteroatoms. The highest BCUT2D eigenvalue weighted by Crippen LogP contribution is 2.19. The van der Waals surface area contributed by atoms with Crippen molar-refractivity contribution in [1.29, 1.82) is 0 Å². The molecule has 0 spiro atoms. The normalized spacial score (nSPS) is 18.3. The van der Waals surface area contributed by atoms with E-state index in [0.717, 1.165) is 0 Å². The van der Waals surface area contributed by atoms with Gasteiger partial charge in [0, 0.05) is 29.9 Å². The molecule has 2 aromatic carbocycles. The second kappa shape index (κ2) is 7.29. The Morgan fingerprint density at radius 3 is 2.19 bits per heavy atom. The van der Waals surface area contributed by atoms with Crippen LogP contribution in [0.1, 0.15) is 27.1 Å². The molecule has 0 bridgehead atoms. The van der Waals surface area contributed by atoms with E-state index in [2.05, 4.69) is 5.32 Å². The van der Waals surface area contributed by atoms with Gasteiger partial charge in [0.1, 0.15) is 0 Å². The minimum Gasteiger partial charge on any atom is -0.338 e. The second-order valence-corrected chi connectivity index (χ2v) is 8.60. The molecular formula is C19H20N2O4S. The van der Waals surface area contributed by atoms with E-state index in [1.165, 1.54) is 4.90 Å². The topological polar surface area (TPSA) is 83.6 Å². The van der Waals surface area contributed by atoms with Crippen LogP contribution in [0.25, 0.3) is 0 Å². The molecule has 0 saturated carbocycles. The average molecular weight is 372 g/mol. The standard InChI is InChI=1S/C19H20N2O4S/c1-21(17-11-12-26(24,25)13-17)19(23)15-9-7-14(8-10-15)18(22)20-16-5-3-2-4-6-16/h2-10,17H,11-13H2,1H3,(H,20,22). The molecule has 1 unspecified atom stereocenters. The smallest absolute Gasteiger partial charge is 0.255 e. The highest BCUT2D eigenvalue weighted by atomic mass is 32.2. The van der Waals surface area contributed by atoms with Gasteiger partial charge in [-0.15, -0.1) is 0 Å². The predicted molar refractivity (Wildman–Crippen MR) is 100.0 cm³/mol. The number of anilines is 1. The minimum atomic E-state index is -3.05. The van der Waals surface area contributed by atoms with E-state index < -0.39 is 9.84 Å². The molecule has 1 aliphatic heterocycles. The van der Waals surface area contributed by atoms with Crippen LogP contribution in [0, 0.1) is 0 Å². The lowest BCUT2D eigenvalue weighted by Crippen LogP contribution is -2.37. The number of carbonyl (C=O) groups is 2. The van der Waals surface area contributed by atoms with Crippen molar-refractivity contribution < 1.29 is 18.0 Å². The maximum absolute atomic E-state index is 12.5. The second-order valence-electron chi connectivity index (χ2n) is 6.37. The molecule has 1 heterocycles. The molecule has 26 heavy (non-hydrogen) atoms. The van der Waals surface area contributed by atoms with Gasteiger partial charge in [-0.3, -0.25) is 9.59 Å². The molecule has 3 rings (SSSR count).